The van der Waals surface area contributed by atoms with Gasteiger partial charge in [-0.2, -0.15) is 0 Å². The molecule has 0 atom stereocenters. The molecule has 6 nitrogen and oxygen atoms in total. The molecule has 1 aromatic carbocycles. The first-order chi connectivity index (χ1) is 9.86. The second-order valence-electron chi connectivity index (χ2n) is 5.39. The molecule has 0 unspecified atom stereocenters. The van der Waals surface area contributed by atoms with Gasteiger partial charge in [0, 0.05) is 31.6 Å². The minimum absolute atomic E-state index is 0.308. The summed E-state index contributed by atoms with van der Waals surface area (Å²) in [6.45, 7) is 1.93. The van der Waals surface area contributed by atoms with Crippen LogP contribution in [0.1, 0.15) is 12.8 Å². The molecule has 7 heteroatoms. The van der Waals surface area contributed by atoms with Gasteiger partial charge in [-0.3, -0.25) is 0 Å². The van der Waals surface area contributed by atoms with Crippen molar-refractivity contribution in [1.29, 1.82) is 0 Å². The van der Waals surface area contributed by atoms with Crippen LogP contribution in [0.4, 0.5) is 10.5 Å². The van der Waals surface area contributed by atoms with E-state index in [9.17, 15) is 13.2 Å². The summed E-state index contributed by atoms with van der Waals surface area (Å²) in [5.41, 5.74) is 0.878. The third kappa shape index (κ3) is 4.35. The third-order valence-electron chi connectivity index (χ3n) is 3.76. The van der Waals surface area contributed by atoms with Crippen molar-refractivity contribution in [2.75, 3.05) is 31.2 Å². The number of likely N-dealkylation sites (tertiary alicyclic amines) is 1. The fourth-order valence-electron chi connectivity index (χ4n) is 2.41. The summed E-state index contributed by atoms with van der Waals surface area (Å²) in [6, 6.07) is 6.68. The molecule has 1 amide bonds. The van der Waals surface area contributed by atoms with Gasteiger partial charge < -0.3 is 15.3 Å². The summed E-state index contributed by atoms with van der Waals surface area (Å²) in [4.78, 5) is 12.6. The average Bonchev–Trinajstić information content (AvgIpc) is 2.45. The van der Waals surface area contributed by atoms with Crippen LogP contribution in [0.5, 0.6) is 0 Å². The van der Waals surface area contributed by atoms with Gasteiger partial charge in [0.25, 0.3) is 0 Å². The first-order valence-corrected chi connectivity index (χ1v) is 8.77. The number of carbonyl (C=O) groups is 1. The Bertz CT molecular complexity index is 590. The highest BCUT2D eigenvalue weighted by atomic mass is 32.2. The molecule has 1 fully saturated rings. The standard InChI is InChI=1S/C14H20N2O4S/c1-21(19,20)13-4-2-12(3-5-13)15-10-11-6-8-16(9-7-11)14(17)18/h2-5,11,15H,6-10H2,1H3,(H,17,18). The van der Waals surface area contributed by atoms with Crippen molar-refractivity contribution in [2.45, 2.75) is 17.7 Å². The molecule has 21 heavy (non-hydrogen) atoms. The summed E-state index contributed by atoms with van der Waals surface area (Å²) in [6.07, 6.45) is 2.03. The number of carboxylic acid groups (broad SMARTS) is 1. The number of anilines is 1. The number of amides is 1. The molecular formula is C14H20N2O4S. The van der Waals surface area contributed by atoms with E-state index in [-0.39, 0.29) is 0 Å². The predicted molar refractivity (Wildman–Crippen MR) is 80.4 cm³/mol. The summed E-state index contributed by atoms with van der Waals surface area (Å²) in [5, 5.41) is 12.2. The Hall–Kier alpha value is -1.76. The van der Waals surface area contributed by atoms with Crippen LogP contribution in [-0.4, -0.2) is 50.4 Å². The maximum absolute atomic E-state index is 11.4. The van der Waals surface area contributed by atoms with Crippen LogP contribution in [0.25, 0.3) is 0 Å². The first kappa shape index (κ1) is 15.6. The zero-order chi connectivity index (χ0) is 15.5. The molecule has 0 aromatic heterocycles. The largest absolute Gasteiger partial charge is 0.465 e. The van der Waals surface area contributed by atoms with Crippen molar-refractivity contribution in [3.8, 4) is 0 Å². The molecule has 0 bridgehead atoms. The van der Waals surface area contributed by atoms with E-state index in [2.05, 4.69) is 5.32 Å². The SMILES string of the molecule is CS(=O)(=O)c1ccc(NCC2CCN(C(=O)O)CC2)cc1. The summed E-state index contributed by atoms with van der Waals surface area (Å²) < 4.78 is 22.7. The van der Waals surface area contributed by atoms with E-state index in [0.717, 1.165) is 25.1 Å². The Kier molecular flexibility index (Phi) is 4.72. The van der Waals surface area contributed by atoms with Crippen molar-refractivity contribution in [3.05, 3.63) is 24.3 Å². The number of rotatable bonds is 4. The molecule has 0 spiro atoms. The van der Waals surface area contributed by atoms with Crippen LogP contribution in [-0.2, 0) is 9.84 Å². The number of benzene rings is 1. The molecule has 116 valence electrons. The van der Waals surface area contributed by atoms with Gasteiger partial charge in [-0.25, -0.2) is 13.2 Å². The number of hydrogen-bond acceptors (Lipinski definition) is 4. The fourth-order valence-corrected chi connectivity index (χ4v) is 3.04. The summed E-state index contributed by atoms with van der Waals surface area (Å²) in [5.74, 6) is 0.440. The fraction of sp³-hybridized carbons (Fsp3) is 0.500. The Balaban J connectivity index is 1.83. The zero-order valence-electron chi connectivity index (χ0n) is 11.9. The lowest BCUT2D eigenvalue weighted by Gasteiger charge is -2.30. The lowest BCUT2D eigenvalue weighted by molar-refractivity contribution is 0.126. The molecule has 1 aliphatic rings. The Morgan fingerprint density at radius 2 is 1.86 bits per heavy atom. The second kappa shape index (κ2) is 6.34. The number of sulfone groups is 1. The second-order valence-corrected chi connectivity index (χ2v) is 7.41. The lowest BCUT2D eigenvalue weighted by Crippen LogP contribution is -2.39. The number of hydrogen-bond donors (Lipinski definition) is 2. The van der Waals surface area contributed by atoms with E-state index in [1.54, 1.807) is 24.3 Å². The van der Waals surface area contributed by atoms with Crippen LogP contribution < -0.4 is 5.32 Å². The molecule has 0 saturated carbocycles. The smallest absolute Gasteiger partial charge is 0.407 e. The van der Waals surface area contributed by atoms with Crippen molar-refractivity contribution < 1.29 is 18.3 Å². The Labute approximate surface area is 124 Å². The highest BCUT2D eigenvalue weighted by Gasteiger charge is 2.21. The van der Waals surface area contributed by atoms with Gasteiger partial charge in [-0.05, 0) is 43.0 Å². The Morgan fingerprint density at radius 3 is 2.33 bits per heavy atom. The maximum Gasteiger partial charge on any atom is 0.407 e. The van der Waals surface area contributed by atoms with E-state index >= 15 is 0 Å². The number of nitrogens with one attached hydrogen (secondary N) is 1. The molecule has 2 N–H and O–H groups in total. The average molecular weight is 312 g/mol. The first-order valence-electron chi connectivity index (χ1n) is 6.88. The van der Waals surface area contributed by atoms with E-state index < -0.39 is 15.9 Å². The third-order valence-corrected chi connectivity index (χ3v) is 4.89. The summed E-state index contributed by atoms with van der Waals surface area (Å²) >= 11 is 0. The van der Waals surface area contributed by atoms with Crippen molar-refractivity contribution in [2.24, 2.45) is 5.92 Å². The molecule has 1 heterocycles. The van der Waals surface area contributed by atoms with Crippen LogP contribution in [0.2, 0.25) is 0 Å². The van der Waals surface area contributed by atoms with Gasteiger partial charge in [0.05, 0.1) is 4.90 Å². The molecule has 2 rings (SSSR count). The van der Waals surface area contributed by atoms with Gasteiger partial charge in [-0.15, -0.1) is 0 Å². The van der Waals surface area contributed by atoms with Gasteiger partial charge in [0.2, 0.25) is 0 Å². The minimum Gasteiger partial charge on any atom is -0.465 e. The van der Waals surface area contributed by atoms with Crippen LogP contribution in [0.3, 0.4) is 0 Å². The summed E-state index contributed by atoms with van der Waals surface area (Å²) in [7, 11) is -3.16. The van der Waals surface area contributed by atoms with E-state index in [1.807, 2.05) is 0 Å². The van der Waals surface area contributed by atoms with Crippen LogP contribution >= 0.6 is 0 Å². The lowest BCUT2D eigenvalue weighted by atomic mass is 9.97. The highest BCUT2D eigenvalue weighted by molar-refractivity contribution is 7.90. The number of nitrogens with zero attached hydrogens (tertiary/aromatic N) is 1. The zero-order valence-corrected chi connectivity index (χ0v) is 12.8. The topological polar surface area (TPSA) is 86.7 Å². The normalized spacial score (nSPS) is 16.7. The molecule has 1 aromatic rings. The van der Waals surface area contributed by atoms with Gasteiger partial charge in [-0.1, -0.05) is 0 Å². The number of piperidine rings is 1. The Morgan fingerprint density at radius 1 is 1.29 bits per heavy atom. The molecule has 1 aliphatic heterocycles. The van der Waals surface area contributed by atoms with E-state index in [0.29, 0.717) is 23.9 Å². The van der Waals surface area contributed by atoms with E-state index in [1.165, 1.54) is 11.2 Å². The van der Waals surface area contributed by atoms with Gasteiger partial charge in [0.1, 0.15) is 0 Å². The van der Waals surface area contributed by atoms with Crippen LogP contribution in [0.15, 0.2) is 29.2 Å². The quantitative estimate of drug-likeness (QED) is 0.886. The van der Waals surface area contributed by atoms with Crippen molar-refractivity contribution >= 4 is 21.6 Å². The highest BCUT2D eigenvalue weighted by Crippen LogP contribution is 2.19. The van der Waals surface area contributed by atoms with Crippen molar-refractivity contribution in [3.63, 3.8) is 0 Å². The maximum atomic E-state index is 11.4. The molecule has 1 saturated heterocycles. The monoisotopic (exact) mass is 312 g/mol. The molecular weight excluding hydrogens is 292 g/mol. The minimum atomic E-state index is -3.16. The van der Waals surface area contributed by atoms with Crippen molar-refractivity contribution in [1.82, 2.24) is 4.90 Å². The van der Waals surface area contributed by atoms with E-state index in [4.69, 9.17) is 5.11 Å². The molecule has 0 aliphatic carbocycles. The predicted octanol–water partition coefficient (Wildman–Crippen LogP) is 1.89. The van der Waals surface area contributed by atoms with Gasteiger partial charge in [0.15, 0.2) is 9.84 Å². The van der Waals surface area contributed by atoms with Crippen LogP contribution in [0, 0.1) is 5.92 Å². The molecule has 0 radical (unpaired) electrons. The van der Waals surface area contributed by atoms with Gasteiger partial charge >= 0.3 is 6.09 Å².